The molecular formula is C19H17N7OS2. The third-order valence-corrected chi connectivity index (χ3v) is 6.69. The number of thiophene rings is 1. The molecule has 0 fully saturated rings. The Balaban J connectivity index is 1.53. The number of benzene rings is 1. The maximum absolute atomic E-state index is 12.5. The van der Waals surface area contributed by atoms with Crippen molar-refractivity contribution in [2.24, 2.45) is 7.05 Å². The van der Waals surface area contributed by atoms with Gasteiger partial charge in [0.1, 0.15) is 16.9 Å². The van der Waals surface area contributed by atoms with Crippen LogP contribution in [-0.2, 0) is 12.8 Å². The monoisotopic (exact) mass is 423 g/mol. The van der Waals surface area contributed by atoms with Gasteiger partial charge in [0.2, 0.25) is 5.78 Å². The van der Waals surface area contributed by atoms with E-state index in [2.05, 4.69) is 52.4 Å². The molecule has 0 aliphatic rings. The molecule has 0 atom stereocenters. The average molecular weight is 424 g/mol. The Labute approximate surface area is 173 Å². The molecule has 0 unspecified atom stereocenters. The van der Waals surface area contributed by atoms with Crippen molar-refractivity contribution < 1.29 is 0 Å². The predicted molar refractivity (Wildman–Crippen MR) is 114 cm³/mol. The summed E-state index contributed by atoms with van der Waals surface area (Å²) >= 11 is 2.97. The lowest BCUT2D eigenvalue weighted by atomic mass is 10.1. The van der Waals surface area contributed by atoms with Gasteiger partial charge in [0.15, 0.2) is 5.16 Å². The van der Waals surface area contributed by atoms with E-state index in [-0.39, 0.29) is 5.56 Å². The SMILES string of the molecule is Cc1ccc(-n2cnnc2SCc2nnc3n(C)c(=O)c4sccc4n23)c(C)c1. The lowest BCUT2D eigenvalue weighted by molar-refractivity contribution is 0.859. The van der Waals surface area contributed by atoms with Crippen LogP contribution in [0, 0.1) is 13.8 Å². The van der Waals surface area contributed by atoms with Crippen LogP contribution in [0.15, 0.2) is 45.9 Å². The van der Waals surface area contributed by atoms with E-state index < -0.39 is 0 Å². The zero-order chi connectivity index (χ0) is 20.1. The first-order valence-corrected chi connectivity index (χ1v) is 10.8. The summed E-state index contributed by atoms with van der Waals surface area (Å²) in [6, 6.07) is 8.24. The van der Waals surface area contributed by atoms with Gasteiger partial charge in [0.25, 0.3) is 5.56 Å². The average Bonchev–Trinajstić information content (AvgIpc) is 3.43. The third kappa shape index (κ3) is 2.87. The minimum Gasteiger partial charge on any atom is -0.279 e. The molecule has 146 valence electrons. The Kier molecular flexibility index (Phi) is 4.25. The number of thioether (sulfide) groups is 1. The number of aryl methyl sites for hydroxylation is 3. The first-order valence-electron chi connectivity index (χ1n) is 8.95. The number of hydrogen-bond donors (Lipinski definition) is 0. The van der Waals surface area contributed by atoms with Gasteiger partial charge in [-0.25, -0.2) is 0 Å². The van der Waals surface area contributed by atoms with E-state index in [0.717, 1.165) is 27.7 Å². The molecule has 0 spiro atoms. The maximum atomic E-state index is 12.5. The highest BCUT2D eigenvalue weighted by Gasteiger charge is 2.17. The number of rotatable bonds is 4. The number of hydrogen-bond acceptors (Lipinski definition) is 7. The standard InChI is InChI=1S/C19H17N7OS2/c1-11-4-5-13(12(2)8-11)25-10-20-23-19(25)29-9-15-21-22-18-24(3)17(27)16-14(26(15)18)6-7-28-16/h4-8,10H,9H2,1-3H3. The molecule has 0 saturated heterocycles. The quantitative estimate of drug-likeness (QED) is 0.413. The van der Waals surface area contributed by atoms with Gasteiger partial charge in [0.05, 0.1) is 17.0 Å². The van der Waals surface area contributed by atoms with Crippen molar-refractivity contribution in [3.05, 3.63) is 63.3 Å². The molecule has 4 aromatic heterocycles. The van der Waals surface area contributed by atoms with Crippen LogP contribution in [0.5, 0.6) is 0 Å². The highest BCUT2D eigenvalue weighted by molar-refractivity contribution is 7.98. The number of aromatic nitrogens is 7. The van der Waals surface area contributed by atoms with Gasteiger partial charge >= 0.3 is 0 Å². The minimum absolute atomic E-state index is 0.0521. The molecule has 0 radical (unpaired) electrons. The van der Waals surface area contributed by atoms with Crippen LogP contribution in [0.4, 0.5) is 0 Å². The molecule has 0 saturated carbocycles. The molecule has 5 aromatic rings. The molecule has 0 aliphatic carbocycles. The van der Waals surface area contributed by atoms with E-state index in [4.69, 9.17) is 0 Å². The van der Waals surface area contributed by atoms with Crippen molar-refractivity contribution in [3.63, 3.8) is 0 Å². The van der Waals surface area contributed by atoms with Gasteiger partial charge in [-0.3, -0.25) is 18.3 Å². The van der Waals surface area contributed by atoms with Crippen molar-refractivity contribution in [1.29, 1.82) is 0 Å². The van der Waals surface area contributed by atoms with Crippen molar-refractivity contribution in [1.82, 2.24) is 33.9 Å². The van der Waals surface area contributed by atoms with Crippen molar-refractivity contribution in [2.45, 2.75) is 24.8 Å². The van der Waals surface area contributed by atoms with Crippen LogP contribution >= 0.6 is 23.1 Å². The van der Waals surface area contributed by atoms with E-state index in [9.17, 15) is 4.79 Å². The van der Waals surface area contributed by atoms with Crippen LogP contribution < -0.4 is 5.56 Å². The lowest BCUT2D eigenvalue weighted by Gasteiger charge is -2.10. The largest absolute Gasteiger partial charge is 0.279 e. The van der Waals surface area contributed by atoms with Crippen LogP contribution in [-0.4, -0.2) is 33.9 Å². The summed E-state index contributed by atoms with van der Waals surface area (Å²) in [7, 11) is 1.72. The van der Waals surface area contributed by atoms with E-state index >= 15 is 0 Å². The van der Waals surface area contributed by atoms with Crippen molar-refractivity contribution >= 4 is 39.1 Å². The summed E-state index contributed by atoms with van der Waals surface area (Å²) < 4.78 is 6.17. The molecular weight excluding hydrogens is 406 g/mol. The molecule has 8 nitrogen and oxygen atoms in total. The fraction of sp³-hybridized carbons (Fsp3) is 0.211. The van der Waals surface area contributed by atoms with Crippen LogP contribution in [0.2, 0.25) is 0 Å². The van der Waals surface area contributed by atoms with Gasteiger partial charge in [-0.2, -0.15) is 0 Å². The maximum Gasteiger partial charge on any atom is 0.272 e. The van der Waals surface area contributed by atoms with Crippen molar-refractivity contribution in [2.75, 3.05) is 0 Å². The number of nitrogens with zero attached hydrogens (tertiary/aromatic N) is 7. The van der Waals surface area contributed by atoms with Gasteiger partial charge in [-0.05, 0) is 36.9 Å². The number of fused-ring (bicyclic) bond motifs is 3. The highest BCUT2D eigenvalue weighted by atomic mass is 32.2. The topological polar surface area (TPSA) is 82.9 Å². The Morgan fingerprint density at radius 1 is 1.14 bits per heavy atom. The lowest BCUT2D eigenvalue weighted by Crippen LogP contribution is -2.19. The molecule has 0 bridgehead atoms. The van der Waals surface area contributed by atoms with Crippen LogP contribution in [0.3, 0.4) is 0 Å². The summed E-state index contributed by atoms with van der Waals surface area (Å²) in [6.45, 7) is 4.16. The summed E-state index contributed by atoms with van der Waals surface area (Å²) in [5, 5.41) is 19.7. The van der Waals surface area contributed by atoms with E-state index in [1.807, 2.05) is 20.4 Å². The second-order valence-electron chi connectivity index (χ2n) is 6.81. The molecule has 0 N–H and O–H groups in total. The zero-order valence-corrected chi connectivity index (χ0v) is 17.7. The normalized spacial score (nSPS) is 11.7. The third-order valence-electron chi connectivity index (χ3n) is 4.86. The molecule has 0 aliphatic heterocycles. The fourth-order valence-electron chi connectivity index (χ4n) is 3.44. The summed E-state index contributed by atoms with van der Waals surface area (Å²) in [4.78, 5) is 12.5. The van der Waals surface area contributed by atoms with Gasteiger partial charge in [-0.15, -0.1) is 31.7 Å². The summed E-state index contributed by atoms with van der Waals surface area (Å²) in [6.07, 6.45) is 1.72. The summed E-state index contributed by atoms with van der Waals surface area (Å²) in [5.41, 5.74) is 4.22. The first-order chi connectivity index (χ1) is 14.0. The summed E-state index contributed by atoms with van der Waals surface area (Å²) in [5.74, 6) is 1.85. The van der Waals surface area contributed by atoms with Crippen LogP contribution in [0.1, 0.15) is 17.0 Å². The van der Waals surface area contributed by atoms with E-state index in [1.54, 1.807) is 13.4 Å². The second kappa shape index (κ2) is 6.82. The molecule has 1 aromatic carbocycles. The smallest absolute Gasteiger partial charge is 0.272 e. The van der Waals surface area contributed by atoms with Gasteiger partial charge < -0.3 is 0 Å². The van der Waals surface area contributed by atoms with Crippen LogP contribution in [0.25, 0.3) is 21.7 Å². The van der Waals surface area contributed by atoms with Gasteiger partial charge in [0, 0.05) is 7.05 Å². The Hall–Kier alpha value is -2.98. The highest BCUT2D eigenvalue weighted by Crippen LogP contribution is 2.26. The molecule has 0 amide bonds. The Morgan fingerprint density at radius 3 is 2.83 bits per heavy atom. The molecule has 5 rings (SSSR count). The molecule has 4 heterocycles. The second-order valence-corrected chi connectivity index (χ2v) is 8.67. The minimum atomic E-state index is -0.0521. The van der Waals surface area contributed by atoms with E-state index in [0.29, 0.717) is 16.2 Å². The van der Waals surface area contributed by atoms with Gasteiger partial charge in [-0.1, -0.05) is 29.5 Å². The zero-order valence-electron chi connectivity index (χ0n) is 16.0. The van der Waals surface area contributed by atoms with E-state index in [1.165, 1.54) is 33.2 Å². The Bertz CT molecular complexity index is 1430. The first kappa shape index (κ1) is 18.1. The molecule has 10 heteroatoms. The van der Waals surface area contributed by atoms with Crippen molar-refractivity contribution in [3.8, 4) is 5.69 Å². The molecule has 29 heavy (non-hydrogen) atoms. The predicted octanol–water partition coefficient (Wildman–Crippen LogP) is 3.13. The Morgan fingerprint density at radius 2 is 2.00 bits per heavy atom. The fourth-order valence-corrected chi connectivity index (χ4v) is 5.12.